The lowest BCUT2D eigenvalue weighted by molar-refractivity contribution is -0.133. The monoisotopic (exact) mass is 418 g/mol. The van der Waals surface area contributed by atoms with E-state index >= 15 is 0 Å². The van der Waals surface area contributed by atoms with Crippen molar-refractivity contribution < 1.29 is 18.0 Å². The number of carbonyl (C=O) groups excluding carboxylic acids is 2. The zero-order valence-electron chi connectivity index (χ0n) is 16.9. The first-order valence-electron chi connectivity index (χ1n) is 10.8. The van der Waals surface area contributed by atoms with Crippen molar-refractivity contribution in [2.24, 2.45) is 0 Å². The van der Waals surface area contributed by atoms with Crippen LogP contribution in [0, 0.1) is 0 Å². The molecule has 0 spiro atoms. The number of hydrogen-bond donors (Lipinski definition) is 0. The van der Waals surface area contributed by atoms with Crippen molar-refractivity contribution >= 4 is 21.5 Å². The van der Waals surface area contributed by atoms with Crippen LogP contribution in [0.25, 0.3) is 0 Å². The number of nitrogens with zero attached hydrogens (tertiary/aromatic N) is 2. The largest absolute Gasteiger partial charge is 0.340 e. The molecule has 1 aliphatic carbocycles. The lowest BCUT2D eigenvalue weighted by atomic mass is 9.89. The third kappa shape index (κ3) is 4.89. The molecule has 158 valence electrons. The third-order valence-electron chi connectivity index (χ3n) is 6.63. The van der Waals surface area contributed by atoms with Gasteiger partial charge in [-0.3, -0.25) is 14.5 Å². The number of benzene rings is 1. The van der Waals surface area contributed by atoms with Crippen LogP contribution in [0.2, 0.25) is 0 Å². The predicted molar refractivity (Wildman–Crippen MR) is 112 cm³/mol. The Labute approximate surface area is 173 Å². The number of sulfone groups is 1. The maximum atomic E-state index is 12.6. The molecule has 0 bridgehead atoms. The lowest BCUT2D eigenvalue weighted by Gasteiger charge is -2.37. The van der Waals surface area contributed by atoms with E-state index in [0.717, 1.165) is 18.4 Å². The van der Waals surface area contributed by atoms with E-state index in [1.807, 2.05) is 17.0 Å². The maximum Gasteiger partial charge on any atom is 0.223 e. The van der Waals surface area contributed by atoms with E-state index in [2.05, 4.69) is 11.0 Å². The molecular weight excluding hydrogens is 388 g/mol. The first kappa shape index (κ1) is 20.5. The molecule has 2 heterocycles. The van der Waals surface area contributed by atoms with Gasteiger partial charge in [-0.15, -0.1) is 0 Å². The van der Waals surface area contributed by atoms with Crippen LogP contribution >= 0.6 is 0 Å². The number of amides is 1. The van der Waals surface area contributed by atoms with Crippen LogP contribution in [0.4, 0.5) is 0 Å². The second-order valence-electron chi connectivity index (χ2n) is 8.59. The van der Waals surface area contributed by atoms with E-state index in [-0.39, 0.29) is 42.1 Å². The van der Waals surface area contributed by atoms with E-state index in [9.17, 15) is 18.0 Å². The Morgan fingerprint density at radius 1 is 0.966 bits per heavy atom. The summed E-state index contributed by atoms with van der Waals surface area (Å²) in [4.78, 5) is 29.1. The highest BCUT2D eigenvalue weighted by Crippen LogP contribution is 2.23. The number of rotatable bonds is 5. The predicted octanol–water partition coefficient (Wildman–Crippen LogP) is 1.86. The Balaban J connectivity index is 1.24. The second kappa shape index (κ2) is 8.56. The zero-order chi connectivity index (χ0) is 20.4. The van der Waals surface area contributed by atoms with Gasteiger partial charge in [-0.25, -0.2) is 8.42 Å². The smallest absolute Gasteiger partial charge is 0.223 e. The summed E-state index contributed by atoms with van der Waals surface area (Å²) < 4.78 is 23.4. The van der Waals surface area contributed by atoms with E-state index in [0.29, 0.717) is 32.6 Å². The van der Waals surface area contributed by atoms with Crippen LogP contribution in [0.3, 0.4) is 0 Å². The van der Waals surface area contributed by atoms with Gasteiger partial charge in [0.25, 0.3) is 0 Å². The Bertz CT molecular complexity index is 888. The van der Waals surface area contributed by atoms with Crippen molar-refractivity contribution in [3.8, 4) is 0 Å². The van der Waals surface area contributed by atoms with Crippen molar-refractivity contribution in [2.75, 3.05) is 37.7 Å². The molecule has 6 nitrogen and oxygen atoms in total. The van der Waals surface area contributed by atoms with Crippen molar-refractivity contribution in [2.45, 2.75) is 51.0 Å². The van der Waals surface area contributed by atoms with Gasteiger partial charge in [0.2, 0.25) is 5.91 Å². The van der Waals surface area contributed by atoms with E-state index in [1.165, 1.54) is 24.0 Å². The van der Waals surface area contributed by atoms with Crippen molar-refractivity contribution in [1.29, 1.82) is 0 Å². The molecular formula is C22H30N2O4S. The van der Waals surface area contributed by atoms with Crippen molar-refractivity contribution in [3.63, 3.8) is 0 Å². The number of hydrogen-bond acceptors (Lipinski definition) is 5. The van der Waals surface area contributed by atoms with Gasteiger partial charge in [-0.1, -0.05) is 12.1 Å². The Morgan fingerprint density at radius 3 is 2.38 bits per heavy atom. The van der Waals surface area contributed by atoms with Gasteiger partial charge in [0.1, 0.15) is 0 Å². The van der Waals surface area contributed by atoms with Crippen molar-refractivity contribution in [1.82, 2.24) is 9.80 Å². The first-order valence-corrected chi connectivity index (χ1v) is 12.6. The summed E-state index contributed by atoms with van der Waals surface area (Å²) in [5.41, 5.74) is 3.38. The molecule has 0 radical (unpaired) electrons. The Hall–Kier alpha value is -1.73. The quantitative estimate of drug-likeness (QED) is 0.683. The minimum Gasteiger partial charge on any atom is -0.340 e. The molecule has 1 amide bonds. The van der Waals surface area contributed by atoms with Gasteiger partial charge in [0.15, 0.2) is 15.6 Å². The molecule has 0 aromatic heterocycles. The topological polar surface area (TPSA) is 74.8 Å². The molecule has 2 aliphatic heterocycles. The molecule has 2 fully saturated rings. The van der Waals surface area contributed by atoms with Crippen molar-refractivity contribution in [3.05, 3.63) is 34.9 Å². The number of fused-ring (bicyclic) bond motifs is 1. The average Bonchev–Trinajstić information content (AvgIpc) is 3.11. The number of piperazine rings is 1. The second-order valence-corrected chi connectivity index (χ2v) is 10.8. The highest BCUT2D eigenvalue weighted by molar-refractivity contribution is 7.91. The number of ketones is 1. The fourth-order valence-corrected chi connectivity index (χ4v) is 6.59. The molecule has 29 heavy (non-hydrogen) atoms. The van der Waals surface area contributed by atoms with Gasteiger partial charge in [0.05, 0.1) is 11.5 Å². The number of aryl methyl sites for hydroxylation is 2. The van der Waals surface area contributed by atoms with Crippen LogP contribution in [0.1, 0.15) is 53.6 Å². The molecule has 0 N–H and O–H groups in total. The number of carbonyl (C=O) groups is 2. The fourth-order valence-electron chi connectivity index (χ4n) is 4.83. The van der Waals surface area contributed by atoms with Gasteiger partial charge >= 0.3 is 0 Å². The third-order valence-corrected chi connectivity index (χ3v) is 8.38. The molecule has 1 atom stereocenters. The molecule has 2 saturated heterocycles. The van der Waals surface area contributed by atoms with E-state index in [4.69, 9.17) is 0 Å². The molecule has 1 aromatic rings. The summed E-state index contributed by atoms with van der Waals surface area (Å²) in [5, 5.41) is 0. The highest BCUT2D eigenvalue weighted by atomic mass is 32.2. The molecule has 7 heteroatoms. The van der Waals surface area contributed by atoms with Crippen LogP contribution in [0.15, 0.2) is 18.2 Å². The summed E-state index contributed by atoms with van der Waals surface area (Å²) in [6.45, 7) is 2.65. The number of Topliss-reactive ketones (excluding diaryl/α,β-unsaturated/α-hetero) is 1. The first-order chi connectivity index (χ1) is 13.9. The standard InChI is InChI=1S/C22H30N2O4S/c25-21(19-6-5-17-3-1-2-4-18(17)15-19)7-8-22(26)24-12-10-23(11-13-24)20-9-14-29(27,28)16-20/h5-6,15,20H,1-4,7-14,16H2. The van der Waals surface area contributed by atoms with Crippen LogP contribution < -0.4 is 0 Å². The average molecular weight is 419 g/mol. The van der Waals surface area contributed by atoms with Crippen LogP contribution in [0.5, 0.6) is 0 Å². The minimum absolute atomic E-state index is 0.0232. The molecule has 3 aliphatic rings. The summed E-state index contributed by atoms with van der Waals surface area (Å²) >= 11 is 0. The maximum absolute atomic E-state index is 12.6. The van der Waals surface area contributed by atoms with E-state index < -0.39 is 9.84 Å². The minimum atomic E-state index is -2.88. The van der Waals surface area contributed by atoms with Gasteiger partial charge in [0, 0.05) is 50.6 Å². The Kier molecular flexibility index (Phi) is 6.06. The SMILES string of the molecule is O=C(CCC(=O)N1CCN(C2CCS(=O)(=O)C2)CC1)c1ccc2c(c1)CCCC2. The fraction of sp³-hybridized carbons (Fsp3) is 0.636. The summed E-state index contributed by atoms with van der Waals surface area (Å²) in [7, 11) is -2.88. The molecule has 0 saturated carbocycles. The zero-order valence-corrected chi connectivity index (χ0v) is 17.8. The Morgan fingerprint density at radius 2 is 1.69 bits per heavy atom. The molecule has 1 aromatic carbocycles. The van der Waals surface area contributed by atoms with Gasteiger partial charge < -0.3 is 4.90 Å². The van der Waals surface area contributed by atoms with E-state index in [1.54, 1.807) is 0 Å². The summed E-state index contributed by atoms with van der Waals surface area (Å²) in [6.07, 6.45) is 5.74. The normalized spacial score (nSPS) is 24.3. The summed E-state index contributed by atoms with van der Waals surface area (Å²) in [6, 6.07) is 6.11. The summed E-state index contributed by atoms with van der Waals surface area (Å²) in [5.74, 6) is 0.592. The van der Waals surface area contributed by atoms with Gasteiger partial charge in [-0.05, 0) is 49.3 Å². The van der Waals surface area contributed by atoms with Gasteiger partial charge in [-0.2, -0.15) is 0 Å². The highest BCUT2D eigenvalue weighted by Gasteiger charge is 2.34. The molecule has 1 unspecified atom stereocenters. The lowest BCUT2D eigenvalue weighted by Crippen LogP contribution is -2.52. The van der Waals surface area contributed by atoms with Crippen LogP contribution in [-0.2, 0) is 27.5 Å². The van der Waals surface area contributed by atoms with Crippen LogP contribution in [-0.4, -0.2) is 73.6 Å². The molecule has 4 rings (SSSR count).